The minimum absolute atomic E-state index is 0.200. The van der Waals surface area contributed by atoms with Gasteiger partial charge in [0.15, 0.2) is 0 Å². The Morgan fingerprint density at radius 1 is 1.15 bits per heavy atom. The lowest BCUT2D eigenvalue weighted by atomic mass is 9.77. The van der Waals surface area contributed by atoms with Crippen LogP contribution in [0.5, 0.6) is 0 Å². The molecule has 2 aromatic carbocycles. The van der Waals surface area contributed by atoms with E-state index >= 15 is 0 Å². The molecule has 0 aromatic heterocycles. The molecule has 2 N–H and O–H groups in total. The molecule has 0 saturated heterocycles. The van der Waals surface area contributed by atoms with Crippen LogP contribution in [-0.2, 0) is 12.8 Å². The number of hydrogen-bond acceptors (Lipinski definition) is 1. The monoisotopic (exact) mass is 329 g/mol. The molecule has 0 saturated carbocycles. The highest BCUT2D eigenvalue weighted by Crippen LogP contribution is 2.34. The molecule has 0 radical (unpaired) electrons. The van der Waals surface area contributed by atoms with Crippen LogP contribution in [0.3, 0.4) is 0 Å². The highest BCUT2D eigenvalue weighted by molar-refractivity contribution is 9.10. The van der Waals surface area contributed by atoms with Crippen molar-refractivity contribution in [1.29, 1.82) is 0 Å². The van der Waals surface area contributed by atoms with Crippen LogP contribution >= 0.6 is 15.9 Å². The average Bonchev–Trinajstić information content (AvgIpc) is 2.46. The maximum absolute atomic E-state index is 6.53. The Morgan fingerprint density at radius 3 is 2.85 bits per heavy atom. The van der Waals surface area contributed by atoms with Crippen LogP contribution in [0.25, 0.3) is 0 Å². The highest BCUT2D eigenvalue weighted by atomic mass is 79.9. The maximum Gasteiger partial charge on any atom is 0.0178 e. The molecule has 1 nitrogen and oxygen atoms in total. The van der Waals surface area contributed by atoms with Gasteiger partial charge >= 0.3 is 0 Å². The van der Waals surface area contributed by atoms with E-state index in [0.717, 1.165) is 10.9 Å². The number of fused-ring (bicyclic) bond motifs is 1. The topological polar surface area (TPSA) is 26.0 Å². The second-order valence-corrected chi connectivity index (χ2v) is 6.61. The van der Waals surface area contributed by atoms with E-state index in [1.165, 1.54) is 36.0 Å². The smallest absolute Gasteiger partial charge is 0.0178 e. The Kier molecular flexibility index (Phi) is 4.23. The molecule has 1 aliphatic carbocycles. The lowest BCUT2D eigenvalue weighted by Gasteiger charge is -2.30. The molecule has 0 amide bonds. The lowest BCUT2D eigenvalue weighted by molar-refractivity contribution is 0.460. The van der Waals surface area contributed by atoms with Crippen molar-refractivity contribution in [2.45, 2.75) is 37.6 Å². The molecule has 0 bridgehead atoms. The first kappa shape index (κ1) is 13.8. The van der Waals surface area contributed by atoms with Crippen LogP contribution in [-0.4, -0.2) is 6.04 Å². The van der Waals surface area contributed by atoms with Crippen molar-refractivity contribution in [3.8, 4) is 0 Å². The summed E-state index contributed by atoms with van der Waals surface area (Å²) in [5.74, 6) is 0.499. The van der Waals surface area contributed by atoms with E-state index in [-0.39, 0.29) is 6.04 Å². The zero-order valence-corrected chi connectivity index (χ0v) is 13.1. The van der Waals surface area contributed by atoms with Crippen LogP contribution in [0, 0.1) is 0 Å². The second-order valence-electron chi connectivity index (χ2n) is 5.70. The first-order valence-electron chi connectivity index (χ1n) is 7.32. The predicted molar refractivity (Wildman–Crippen MR) is 87.9 cm³/mol. The summed E-state index contributed by atoms with van der Waals surface area (Å²) in [5, 5.41) is 0. The van der Waals surface area contributed by atoms with Crippen molar-refractivity contribution in [2.24, 2.45) is 5.73 Å². The molecule has 104 valence electrons. The summed E-state index contributed by atoms with van der Waals surface area (Å²) in [5.41, 5.74) is 10.8. The zero-order chi connectivity index (χ0) is 13.9. The average molecular weight is 330 g/mol. The largest absolute Gasteiger partial charge is 0.327 e. The number of nitrogens with two attached hydrogens (primary N) is 1. The second kappa shape index (κ2) is 6.11. The van der Waals surface area contributed by atoms with Gasteiger partial charge in [-0.25, -0.2) is 0 Å². The number of rotatable bonds is 3. The van der Waals surface area contributed by atoms with Crippen molar-refractivity contribution in [3.63, 3.8) is 0 Å². The van der Waals surface area contributed by atoms with Gasteiger partial charge in [-0.1, -0.05) is 52.3 Å². The van der Waals surface area contributed by atoms with Crippen molar-refractivity contribution >= 4 is 15.9 Å². The van der Waals surface area contributed by atoms with E-state index in [0.29, 0.717) is 5.92 Å². The molecule has 2 heteroatoms. The van der Waals surface area contributed by atoms with Gasteiger partial charge in [0.2, 0.25) is 0 Å². The lowest BCUT2D eigenvalue weighted by Crippen LogP contribution is -2.33. The molecule has 2 unspecified atom stereocenters. The van der Waals surface area contributed by atoms with E-state index in [4.69, 9.17) is 5.73 Å². The minimum Gasteiger partial charge on any atom is -0.327 e. The third-order valence-electron chi connectivity index (χ3n) is 4.29. The fourth-order valence-electron chi connectivity index (χ4n) is 3.31. The van der Waals surface area contributed by atoms with Gasteiger partial charge in [-0.2, -0.15) is 0 Å². The Bertz CT molecular complexity index is 593. The van der Waals surface area contributed by atoms with Gasteiger partial charge in [-0.15, -0.1) is 0 Å². The van der Waals surface area contributed by atoms with Crippen LogP contribution in [0.2, 0.25) is 0 Å². The summed E-state index contributed by atoms with van der Waals surface area (Å²) in [6.07, 6.45) is 4.62. The van der Waals surface area contributed by atoms with Gasteiger partial charge in [0.05, 0.1) is 0 Å². The summed E-state index contributed by atoms with van der Waals surface area (Å²) in [7, 11) is 0. The summed E-state index contributed by atoms with van der Waals surface area (Å²) < 4.78 is 1.13. The normalized spacial score (nSPS) is 19.4. The van der Waals surface area contributed by atoms with Gasteiger partial charge in [-0.05, 0) is 60.4 Å². The Balaban J connectivity index is 1.80. The van der Waals surface area contributed by atoms with E-state index in [9.17, 15) is 0 Å². The molecular weight excluding hydrogens is 310 g/mol. The highest BCUT2D eigenvalue weighted by Gasteiger charge is 2.25. The molecule has 3 rings (SSSR count). The van der Waals surface area contributed by atoms with Crippen molar-refractivity contribution in [3.05, 3.63) is 69.7 Å². The van der Waals surface area contributed by atoms with Crippen LogP contribution in [0.1, 0.15) is 35.4 Å². The van der Waals surface area contributed by atoms with Crippen LogP contribution < -0.4 is 5.73 Å². The molecule has 0 aliphatic heterocycles. The molecule has 0 heterocycles. The quantitative estimate of drug-likeness (QED) is 0.885. The summed E-state index contributed by atoms with van der Waals surface area (Å²) in [6.45, 7) is 0. The first-order valence-corrected chi connectivity index (χ1v) is 8.11. The van der Waals surface area contributed by atoms with Crippen molar-refractivity contribution in [2.75, 3.05) is 0 Å². The Morgan fingerprint density at radius 2 is 2.00 bits per heavy atom. The SMILES string of the molecule is NC(Cc1cccc(Br)c1)C1CCCc2ccccc21. The molecule has 2 atom stereocenters. The fraction of sp³-hybridized carbons (Fsp3) is 0.333. The van der Waals surface area contributed by atoms with Crippen LogP contribution in [0.4, 0.5) is 0 Å². The molecular formula is C18H20BrN. The molecule has 2 aromatic rings. The van der Waals surface area contributed by atoms with Gasteiger partial charge in [-0.3, -0.25) is 0 Å². The third-order valence-corrected chi connectivity index (χ3v) is 4.79. The third kappa shape index (κ3) is 2.97. The van der Waals surface area contributed by atoms with Gasteiger partial charge in [0.1, 0.15) is 0 Å². The summed E-state index contributed by atoms with van der Waals surface area (Å²) in [4.78, 5) is 0. The molecule has 0 fully saturated rings. The summed E-state index contributed by atoms with van der Waals surface area (Å²) >= 11 is 3.53. The van der Waals surface area contributed by atoms with Crippen molar-refractivity contribution in [1.82, 2.24) is 0 Å². The standard InChI is InChI=1S/C18H20BrN/c19-15-8-3-5-13(11-15)12-18(20)17-10-4-7-14-6-1-2-9-16(14)17/h1-3,5-6,8-9,11,17-18H,4,7,10,12,20H2. The number of benzene rings is 2. The van der Waals surface area contributed by atoms with Gasteiger partial charge in [0, 0.05) is 10.5 Å². The molecule has 0 spiro atoms. The van der Waals surface area contributed by atoms with Gasteiger partial charge < -0.3 is 5.73 Å². The maximum atomic E-state index is 6.53. The fourth-order valence-corrected chi connectivity index (χ4v) is 3.76. The molecule has 20 heavy (non-hydrogen) atoms. The Hall–Kier alpha value is -1.12. The zero-order valence-electron chi connectivity index (χ0n) is 11.6. The van der Waals surface area contributed by atoms with Gasteiger partial charge in [0.25, 0.3) is 0 Å². The minimum atomic E-state index is 0.200. The van der Waals surface area contributed by atoms with Crippen molar-refractivity contribution < 1.29 is 0 Å². The number of halogens is 1. The van der Waals surface area contributed by atoms with Crippen LogP contribution in [0.15, 0.2) is 53.0 Å². The summed E-state index contributed by atoms with van der Waals surface area (Å²) in [6, 6.07) is 17.5. The first-order chi connectivity index (χ1) is 9.74. The predicted octanol–water partition coefficient (Wildman–Crippen LogP) is 4.44. The van der Waals surface area contributed by atoms with E-state index in [2.05, 4.69) is 64.5 Å². The number of hydrogen-bond donors (Lipinski definition) is 1. The number of aryl methyl sites for hydroxylation is 1. The van der Waals surface area contributed by atoms with E-state index in [1.807, 2.05) is 0 Å². The molecule has 1 aliphatic rings. The van der Waals surface area contributed by atoms with E-state index in [1.54, 1.807) is 0 Å². The Labute approximate surface area is 129 Å². The van der Waals surface area contributed by atoms with E-state index < -0.39 is 0 Å².